The first-order chi connectivity index (χ1) is 20.3. The summed E-state index contributed by atoms with van der Waals surface area (Å²) in [5.74, 6) is -0.960. The molecule has 0 aliphatic heterocycles. The van der Waals surface area contributed by atoms with Crippen molar-refractivity contribution >= 4 is 36.4 Å². The standard InChI is InChI=1S/C28H34N7O6P/c1-39-27(36)22(15-20-9-5-3-6-10-20)33-42(38,34-23(28(37)40-2)16-21-11-7-4-8-12-21)19-41-14-13-35-18-32-24-25(29)30-17-31-26(24)35/h3-12,17-18,22-23H,13-16,19H2,1-2H3,(H2,29,30,31)(H2,33,34,38). The Morgan fingerprint density at radius 1 is 0.881 bits per heavy atom. The van der Waals surface area contributed by atoms with E-state index in [0.29, 0.717) is 17.7 Å². The van der Waals surface area contributed by atoms with E-state index in [-0.39, 0.29) is 31.6 Å². The molecule has 0 amide bonds. The number of benzene rings is 2. The van der Waals surface area contributed by atoms with Gasteiger partial charge in [-0.25, -0.2) is 25.1 Å². The van der Waals surface area contributed by atoms with E-state index in [4.69, 9.17) is 19.9 Å². The highest BCUT2D eigenvalue weighted by Crippen LogP contribution is 2.38. The van der Waals surface area contributed by atoms with Gasteiger partial charge in [-0.05, 0) is 24.0 Å². The number of methoxy groups -OCH3 is 2. The Kier molecular flexibility index (Phi) is 10.7. The maximum Gasteiger partial charge on any atom is 0.323 e. The molecule has 2 atom stereocenters. The molecule has 0 radical (unpaired) electrons. The molecule has 4 rings (SSSR count). The molecule has 0 saturated carbocycles. The maximum absolute atomic E-state index is 14.5. The molecule has 0 spiro atoms. The van der Waals surface area contributed by atoms with Gasteiger partial charge in [-0.3, -0.25) is 14.2 Å². The normalized spacial score (nSPS) is 14.1. The van der Waals surface area contributed by atoms with E-state index in [1.54, 1.807) is 10.9 Å². The molecular formula is C28H34N7O6P. The fraction of sp³-hybridized carbons (Fsp3) is 0.321. The van der Waals surface area contributed by atoms with Crippen molar-refractivity contribution in [3.05, 3.63) is 84.4 Å². The van der Waals surface area contributed by atoms with Gasteiger partial charge in [-0.15, -0.1) is 0 Å². The van der Waals surface area contributed by atoms with Gasteiger partial charge in [0.2, 0.25) is 7.44 Å². The summed E-state index contributed by atoms with van der Waals surface area (Å²) in [6, 6.07) is 16.5. The molecular weight excluding hydrogens is 561 g/mol. The number of rotatable bonds is 15. The van der Waals surface area contributed by atoms with E-state index in [9.17, 15) is 14.2 Å². The van der Waals surface area contributed by atoms with E-state index in [2.05, 4.69) is 25.1 Å². The van der Waals surface area contributed by atoms with Gasteiger partial charge in [-0.2, -0.15) is 0 Å². The zero-order valence-corrected chi connectivity index (χ0v) is 24.3. The Labute approximate surface area is 243 Å². The number of nitrogens with one attached hydrogen (secondary N) is 2. The predicted octanol–water partition coefficient (Wildman–Crippen LogP) is 2.32. The quantitative estimate of drug-likeness (QED) is 0.104. The molecule has 0 aliphatic carbocycles. The van der Waals surface area contributed by atoms with Crippen LogP contribution in [0.2, 0.25) is 0 Å². The van der Waals surface area contributed by atoms with Crippen molar-refractivity contribution in [3.63, 3.8) is 0 Å². The van der Waals surface area contributed by atoms with Crippen molar-refractivity contribution in [2.45, 2.75) is 31.5 Å². The van der Waals surface area contributed by atoms with Crippen molar-refractivity contribution in [1.82, 2.24) is 29.7 Å². The molecule has 222 valence electrons. The van der Waals surface area contributed by atoms with E-state index < -0.39 is 31.5 Å². The Balaban J connectivity index is 1.54. The zero-order valence-electron chi connectivity index (χ0n) is 23.4. The number of nitrogen functional groups attached to an aromatic ring is 1. The molecule has 13 nitrogen and oxygen atoms in total. The van der Waals surface area contributed by atoms with E-state index in [1.165, 1.54) is 20.5 Å². The molecule has 14 heteroatoms. The largest absolute Gasteiger partial charge is 0.468 e. The van der Waals surface area contributed by atoms with Crippen LogP contribution in [0.4, 0.5) is 5.82 Å². The molecule has 4 aromatic rings. The predicted molar refractivity (Wildman–Crippen MR) is 156 cm³/mol. The Hall–Kier alpha value is -4.16. The van der Waals surface area contributed by atoms with Gasteiger partial charge in [-0.1, -0.05) is 60.7 Å². The van der Waals surface area contributed by atoms with Gasteiger partial charge in [0.1, 0.15) is 30.3 Å². The third kappa shape index (κ3) is 8.20. The Morgan fingerprint density at radius 3 is 1.95 bits per heavy atom. The maximum atomic E-state index is 14.5. The lowest BCUT2D eigenvalue weighted by Gasteiger charge is -2.28. The molecule has 2 heterocycles. The molecule has 0 aliphatic rings. The molecule has 4 N–H and O–H groups in total. The van der Waals surface area contributed by atoms with Crippen LogP contribution in [0.1, 0.15) is 11.1 Å². The number of hydrogen-bond donors (Lipinski definition) is 3. The lowest BCUT2D eigenvalue weighted by Crippen LogP contribution is -2.46. The summed E-state index contributed by atoms with van der Waals surface area (Å²) in [7, 11) is -1.28. The van der Waals surface area contributed by atoms with Crippen LogP contribution in [-0.4, -0.2) is 70.7 Å². The van der Waals surface area contributed by atoms with Crippen LogP contribution in [0.15, 0.2) is 73.3 Å². The minimum Gasteiger partial charge on any atom is -0.468 e. The molecule has 0 saturated heterocycles. The van der Waals surface area contributed by atoms with Crippen LogP contribution >= 0.6 is 7.44 Å². The van der Waals surface area contributed by atoms with Crippen molar-refractivity contribution in [2.24, 2.45) is 0 Å². The number of anilines is 1. The number of fused-ring (bicyclic) bond motifs is 1. The molecule has 2 unspecified atom stereocenters. The number of imidazole rings is 1. The summed E-state index contributed by atoms with van der Waals surface area (Å²) in [6.45, 7) is 0.438. The highest BCUT2D eigenvalue weighted by Gasteiger charge is 2.35. The minimum atomic E-state index is -3.80. The van der Waals surface area contributed by atoms with Gasteiger partial charge >= 0.3 is 11.9 Å². The van der Waals surface area contributed by atoms with Crippen LogP contribution in [0.5, 0.6) is 0 Å². The van der Waals surface area contributed by atoms with Gasteiger partial charge in [0.15, 0.2) is 11.5 Å². The summed E-state index contributed by atoms with van der Waals surface area (Å²) in [6.07, 6.45) is 2.96. The van der Waals surface area contributed by atoms with E-state index in [0.717, 1.165) is 11.1 Å². The second-order valence-electron chi connectivity index (χ2n) is 9.44. The van der Waals surface area contributed by atoms with E-state index >= 15 is 0 Å². The molecule has 42 heavy (non-hydrogen) atoms. The van der Waals surface area contributed by atoms with Crippen LogP contribution in [-0.2, 0) is 47.8 Å². The summed E-state index contributed by atoms with van der Waals surface area (Å²) in [5, 5.41) is 5.87. The number of hydrogen-bond acceptors (Lipinski definition) is 10. The van der Waals surface area contributed by atoms with Crippen molar-refractivity contribution in [3.8, 4) is 0 Å². The van der Waals surface area contributed by atoms with Crippen molar-refractivity contribution in [2.75, 3.05) is 32.9 Å². The van der Waals surface area contributed by atoms with Crippen LogP contribution in [0.25, 0.3) is 11.2 Å². The third-order valence-corrected chi connectivity index (χ3v) is 8.45. The van der Waals surface area contributed by atoms with Crippen LogP contribution in [0.3, 0.4) is 0 Å². The first-order valence-electron chi connectivity index (χ1n) is 13.2. The average Bonchev–Trinajstić information content (AvgIpc) is 3.43. The Morgan fingerprint density at radius 2 is 1.43 bits per heavy atom. The molecule has 0 fully saturated rings. The first kappa shape index (κ1) is 30.8. The number of aromatic nitrogens is 4. The first-order valence-corrected chi connectivity index (χ1v) is 15.1. The van der Waals surface area contributed by atoms with Crippen molar-refractivity contribution < 1.29 is 28.4 Å². The summed E-state index contributed by atoms with van der Waals surface area (Å²) >= 11 is 0. The van der Waals surface area contributed by atoms with Crippen LogP contribution < -0.4 is 15.9 Å². The molecule has 0 bridgehead atoms. The fourth-order valence-electron chi connectivity index (χ4n) is 4.38. The fourth-order valence-corrected chi connectivity index (χ4v) is 6.39. The number of carbonyl (C=O) groups excluding carboxylic acids is 2. The lowest BCUT2D eigenvalue weighted by molar-refractivity contribution is -0.143. The van der Waals surface area contributed by atoms with Crippen LogP contribution in [0, 0.1) is 0 Å². The zero-order chi connectivity index (χ0) is 30.0. The van der Waals surface area contributed by atoms with Gasteiger partial charge in [0.25, 0.3) is 0 Å². The monoisotopic (exact) mass is 595 g/mol. The van der Waals surface area contributed by atoms with Gasteiger partial charge < -0.3 is 24.5 Å². The highest BCUT2D eigenvalue weighted by atomic mass is 31.2. The number of carbonyl (C=O) groups is 2. The molecule has 2 aromatic heterocycles. The second kappa shape index (κ2) is 14.6. The van der Waals surface area contributed by atoms with Gasteiger partial charge in [0.05, 0.1) is 27.2 Å². The Bertz CT molecular complexity index is 1450. The minimum absolute atomic E-state index is 0.117. The van der Waals surface area contributed by atoms with Gasteiger partial charge in [0, 0.05) is 6.54 Å². The summed E-state index contributed by atoms with van der Waals surface area (Å²) < 4.78 is 32.1. The molecule has 2 aromatic carbocycles. The third-order valence-electron chi connectivity index (χ3n) is 6.44. The number of nitrogens with zero attached hydrogens (tertiary/aromatic N) is 4. The number of esters is 2. The lowest BCUT2D eigenvalue weighted by atomic mass is 10.1. The van der Waals surface area contributed by atoms with Crippen molar-refractivity contribution in [1.29, 1.82) is 0 Å². The van der Waals surface area contributed by atoms with E-state index in [1.807, 2.05) is 60.7 Å². The summed E-state index contributed by atoms with van der Waals surface area (Å²) in [5.41, 5.74) is 8.53. The highest BCUT2D eigenvalue weighted by molar-refractivity contribution is 7.59. The smallest absolute Gasteiger partial charge is 0.323 e. The topological polar surface area (TPSA) is 173 Å². The second-order valence-corrected chi connectivity index (χ2v) is 11.7. The number of nitrogens with two attached hydrogens (primary N) is 1. The average molecular weight is 596 g/mol. The summed E-state index contributed by atoms with van der Waals surface area (Å²) in [4.78, 5) is 38.0. The number of ether oxygens (including phenoxy) is 3. The SMILES string of the molecule is COC(=O)C(Cc1ccccc1)NP(=O)(COCCn1cnc2c(N)ncnc21)NC(Cc1ccccc1)C(=O)OC.